The molecule has 2 aromatic carbocycles. The van der Waals surface area contributed by atoms with Gasteiger partial charge < -0.3 is 24.7 Å². The zero-order valence-corrected chi connectivity index (χ0v) is 18.8. The van der Waals surface area contributed by atoms with E-state index < -0.39 is 0 Å². The fourth-order valence-corrected chi connectivity index (χ4v) is 4.49. The highest BCUT2D eigenvalue weighted by Gasteiger charge is 2.29. The van der Waals surface area contributed by atoms with Gasteiger partial charge in [-0.25, -0.2) is 0 Å². The van der Waals surface area contributed by atoms with Crippen LogP contribution in [0.2, 0.25) is 0 Å². The quantitative estimate of drug-likeness (QED) is 0.551. The standard InChI is InChI=1S/C25H27N5O4/c31-16-20-13-17-5-1-2-6-19(17)15-30(20)24-26-23(18-7-3-8-21(32)14-18)27-25(28-24)34-12-11-29-10-4-9-22(29)33/h1-3,5-8,14,20,31-32H,4,9-13,15-16H2/t20-/m1/s1. The number of amides is 1. The fourth-order valence-electron chi connectivity index (χ4n) is 4.49. The van der Waals surface area contributed by atoms with Crippen LogP contribution in [-0.2, 0) is 17.8 Å². The Bertz CT molecular complexity index is 1190. The molecule has 0 bridgehead atoms. The number of carbonyl (C=O) groups excluding carboxylic acids is 1. The molecule has 5 rings (SSSR count). The highest BCUT2D eigenvalue weighted by Crippen LogP contribution is 2.29. The molecule has 2 aliphatic heterocycles. The highest BCUT2D eigenvalue weighted by atomic mass is 16.5. The molecule has 1 saturated heterocycles. The second-order valence-electron chi connectivity index (χ2n) is 8.56. The highest BCUT2D eigenvalue weighted by molar-refractivity contribution is 5.78. The molecule has 0 aliphatic carbocycles. The van der Waals surface area contributed by atoms with Gasteiger partial charge in [-0.1, -0.05) is 36.4 Å². The minimum Gasteiger partial charge on any atom is -0.508 e. The van der Waals surface area contributed by atoms with Crippen molar-refractivity contribution >= 4 is 11.9 Å². The van der Waals surface area contributed by atoms with Crippen molar-refractivity contribution in [3.8, 4) is 23.1 Å². The lowest BCUT2D eigenvalue weighted by molar-refractivity contribution is -0.128. The smallest absolute Gasteiger partial charge is 0.321 e. The number of hydrogen-bond donors (Lipinski definition) is 2. The maximum Gasteiger partial charge on any atom is 0.321 e. The molecule has 2 N–H and O–H groups in total. The van der Waals surface area contributed by atoms with Gasteiger partial charge in [0.1, 0.15) is 12.4 Å². The SMILES string of the molecule is O=C1CCCN1CCOc1nc(-c2cccc(O)c2)nc(N2Cc3ccccc3C[C@@H]2CO)n1. The topological polar surface area (TPSA) is 112 Å². The lowest BCUT2D eigenvalue weighted by atomic mass is 9.94. The predicted octanol–water partition coefficient (Wildman–Crippen LogP) is 2.17. The monoisotopic (exact) mass is 461 g/mol. The normalized spacial score (nSPS) is 17.7. The first-order valence-corrected chi connectivity index (χ1v) is 11.5. The molecule has 0 unspecified atom stereocenters. The Morgan fingerprint density at radius 1 is 1.06 bits per heavy atom. The van der Waals surface area contributed by atoms with Crippen molar-refractivity contribution in [3.63, 3.8) is 0 Å². The molecule has 1 atom stereocenters. The Labute approximate surface area is 197 Å². The summed E-state index contributed by atoms with van der Waals surface area (Å²) >= 11 is 0. The van der Waals surface area contributed by atoms with Crippen LogP contribution >= 0.6 is 0 Å². The summed E-state index contributed by atoms with van der Waals surface area (Å²) in [5, 5.41) is 20.1. The van der Waals surface area contributed by atoms with Gasteiger partial charge in [-0.2, -0.15) is 15.0 Å². The Morgan fingerprint density at radius 3 is 2.68 bits per heavy atom. The third-order valence-electron chi connectivity index (χ3n) is 6.29. The predicted molar refractivity (Wildman–Crippen MR) is 125 cm³/mol. The van der Waals surface area contributed by atoms with Gasteiger partial charge in [0, 0.05) is 25.1 Å². The molecule has 0 spiro atoms. The number of fused-ring (bicyclic) bond motifs is 1. The van der Waals surface area contributed by atoms with Crippen LogP contribution in [0.5, 0.6) is 11.8 Å². The number of ether oxygens (including phenoxy) is 1. The van der Waals surface area contributed by atoms with E-state index in [9.17, 15) is 15.0 Å². The molecule has 1 aromatic heterocycles. The van der Waals surface area contributed by atoms with E-state index in [0.717, 1.165) is 18.5 Å². The second-order valence-corrected chi connectivity index (χ2v) is 8.56. The number of hydrogen-bond acceptors (Lipinski definition) is 8. The summed E-state index contributed by atoms with van der Waals surface area (Å²) in [6.07, 6.45) is 2.12. The number of benzene rings is 2. The van der Waals surface area contributed by atoms with E-state index >= 15 is 0 Å². The van der Waals surface area contributed by atoms with Crippen LogP contribution in [-0.4, -0.2) is 68.3 Å². The summed E-state index contributed by atoms with van der Waals surface area (Å²) in [4.78, 5) is 29.3. The number of anilines is 1. The van der Waals surface area contributed by atoms with Gasteiger partial charge in [0.25, 0.3) is 0 Å². The summed E-state index contributed by atoms with van der Waals surface area (Å²) in [5.41, 5.74) is 2.98. The van der Waals surface area contributed by atoms with E-state index in [4.69, 9.17) is 4.74 Å². The number of aliphatic hydroxyl groups excluding tert-OH is 1. The zero-order valence-electron chi connectivity index (χ0n) is 18.8. The van der Waals surface area contributed by atoms with E-state index in [1.54, 1.807) is 29.2 Å². The Balaban J connectivity index is 1.46. The number of carbonyl (C=O) groups is 1. The molecule has 3 aromatic rings. The van der Waals surface area contributed by atoms with Crippen LogP contribution in [0.25, 0.3) is 11.4 Å². The van der Waals surface area contributed by atoms with Crippen molar-refractivity contribution in [2.75, 3.05) is 31.2 Å². The maximum absolute atomic E-state index is 11.9. The average molecular weight is 462 g/mol. The fraction of sp³-hybridized carbons (Fsp3) is 0.360. The van der Waals surface area contributed by atoms with Crippen LogP contribution in [0.4, 0.5) is 5.95 Å². The van der Waals surface area contributed by atoms with Gasteiger partial charge in [0.15, 0.2) is 5.82 Å². The van der Waals surface area contributed by atoms with Crippen molar-refractivity contribution in [1.82, 2.24) is 19.9 Å². The lowest BCUT2D eigenvalue weighted by Crippen LogP contribution is -2.44. The second kappa shape index (κ2) is 9.64. The molecular formula is C25H27N5O4. The average Bonchev–Trinajstić information content (AvgIpc) is 3.27. The van der Waals surface area contributed by atoms with E-state index in [1.807, 2.05) is 17.0 Å². The number of phenols is 1. The first-order valence-electron chi connectivity index (χ1n) is 11.5. The number of aliphatic hydroxyl groups is 1. The third-order valence-corrected chi connectivity index (χ3v) is 6.29. The maximum atomic E-state index is 11.9. The summed E-state index contributed by atoms with van der Waals surface area (Å²) in [6.45, 7) is 1.98. The van der Waals surface area contributed by atoms with Crippen LogP contribution in [0, 0.1) is 0 Å². The van der Waals surface area contributed by atoms with Gasteiger partial charge in [-0.3, -0.25) is 4.79 Å². The number of rotatable bonds is 7. The van der Waals surface area contributed by atoms with E-state index in [1.165, 1.54) is 5.56 Å². The van der Waals surface area contributed by atoms with Crippen molar-refractivity contribution in [1.29, 1.82) is 0 Å². The summed E-state index contributed by atoms with van der Waals surface area (Å²) in [5.74, 6) is 1.01. The summed E-state index contributed by atoms with van der Waals surface area (Å²) in [6, 6.07) is 14.8. The molecule has 9 heteroatoms. The van der Waals surface area contributed by atoms with Gasteiger partial charge >= 0.3 is 6.01 Å². The van der Waals surface area contributed by atoms with Crippen molar-refractivity contribution in [2.45, 2.75) is 31.8 Å². The number of aromatic nitrogens is 3. The number of likely N-dealkylation sites (tertiary alicyclic amines) is 1. The van der Waals surface area contributed by atoms with Crippen LogP contribution in [0.3, 0.4) is 0 Å². The molecule has 0 radical (unpaired) electrons. The van der Waals surface area contributed by atoms with E-state index in [2.05, 4.69) is 27.1 Å². The van der Waals surface area contributed by atoms with Crippen LogP contribution in [0.1, 0.15) is 24.0 Å². The van der Waals surface area contributed by atoms with Gasteiger partial charge in [-0.15, -0.1) is 0 Å². The Kier molecular flexibility index (Phi) is 6.27. The number of aromatic hydroxyl groups is 1. The largest absolute Gasteiger partial charge is 0.508 e. The van der Waals surface area contributed by atoms with Crippen molar-refractivity contribution in [2.24, 2.45) is 0 Å². The van der Waals surface area contributed by atoms with Crippen LogP contribution in [0.15, 0.2) is 48.5 Å². The number of phenolic OH excluding ortho intramolecular Hbond substituents is 1. The molecule has 2 aliphatic rings. The summed E-state index contributed by atoms with van der Waals surface area (Å²) in [7, 11) is 0. The lowest BCUT2D eigenvalue weighted by Gasteiger charge is -2.36. The first kappa shape index (κ1) is 22.1. The first-order chi connectivity index (χ1) is 16.6. The molecule has 3 heterocycles. The minimum absolute atomic E-state index is 0.0469. The molecule has 176 valence electrons. The van der Waals surface area contributed by atoms with E-state index in [0.29, 0.717) is 43.3 Å². The molecule has 1 amide bonds. The van der Waals surface area contributed by atoms with Gasteiger partial charge in [0.2, 0.25) is 11.9 Å². The molecule has 9 nitrogen and oxygen atoms in total. The number of nitrogens with zero attached hydrogens (tertiary/aromatic N) is 5. The van der Waals surface area contributed by atoms with Gasteiger partial charge in [0.05, 0.1) is 19.2 Å². The van der Waals surface area contributed by atoms with Crippen molar-refractivity contribution in [3.05, 3.63) is 59.7 Å². The molecular weight excluding hydrogens is 434 g/mol. The Morgan fingerprint density at radius 2 is 1.91 bits per heavy atom. The Hall–Kier alpha value is -3.72. The van der Waals surface area contributed by atoms with Crippen molar-refractivity contribution < 1.29 is 19.7 Å². The third kappa shape index (κ3) is 4.65. The van der Waals surface area contributed by atoms with Gasteiger partial charge in [-0.05, 0) is 36.1 Å². The summed E-state index contributed by atoms with van der Waals surface area (Å²) < 4.78 is 5.87. The van der Waals surface area contributed by atoms with E-state index in [-0.39, 0.29) is 36.9 Å². The molecule has 34 heavy (non-hydrogen) atoms. The molecule has 1 fully saturated rings. The molecule has 0 saturated carbocycles. The minimum atomic E-state index is -0.190. The zero-order chi connectivity index (χ0) is 23.5. The van der Waals surface area contributed by atoms with Crippen LogP contribution < -0.4 is 9.64 Å².